The largest absolute Gasteiger partial charge is 0.368 e. The smallest absolute Gasteiger partial charge is 0.244 e. The van der Waals surface area contributed by atoms with E-state index in [-0.39, 0.29) is 17.7 Å². The Kier molecular flexibility index (Phi) is 4.38. The molecule has 3 N–H and O–H groups in total. The summed E-state index contributed by atoms with van der Waals surface area (Å²) < 4.78 is 0. The van der Waals surface area contributed by atoms with Crippen molar-refractivity contribution in [3.8, 4) is 0 Å². The van der Waals surface area contributed by atoms with Crippen LogP contribution in [0.2, 0.25) is 0 Å². The molecule has 0 heterocycles. The molecule has 0 saturated heterocycles. The van der Waals surface area contributed by atoms with E-state index in [9.17, 15) is 9.59 Å². The minimum Gasteiger partial charge on any atom is -0.368 e. The first kappa shape index (κ1) is 16.2. The maximum atomic E-state index is 12.5. The van der Waals surface area contributed by atoms with Crippen LogP contribution in [-0.4, -0.2) is 11.8 Å². The van der Waals surface area contributed by atoms with Crippen molar-refractivity contribution in [2.45, 2.75) is 32.2 Å². The lowest BCUT2D eigenvalue weighted by Gasteiger charge is -2.16. The molecular formula is C20H22N2O2. The van der Waals surface area contributed by atoms with Gasteiger partial charge >= 0.3 is 0 Å². The van der Waals surface area contributed by atoms with Gasteiger partial charge in [-0.25, -0.2) is 0 Å². The molecule has 4 heteroatoms. The number of primary amides is 1. The van der Waals surface area contributed by atoms with E-state index in [0.29, 0.717) is 5.56 Å². The van der Waals surface area contributed by atoms with Crippen LogP contribution in [0.4, 0.5) is 0 Å². The van der Waals surface area contributed by atoms with Gasteiger partial charge in [-0.2, -0.15) is 0 Å². The topological polar surface area (TPSA) is 72.2 Å². The van der Waals surface area contributed by atoms with Crippen LogP contribution >= 0.6 is 0 Å². The summed E-state index contributed by atoms with van der Waals surface area (Å²) in [6.07, 6.45) is 0.814. The number of carbonyl (C=O) groups excluding carboxylic acids is 2. The van der Waals surface area contributed by atoms with Crippen molar-refractivity contribution in [2.75, 3.05) is 0 Å². The highest BCUT2D eigenvalue weighted by Crippen LogP contribution is 2.48. The minimum atomic E-state index is -0.778. The Labute approximate surface area is 142 Å². The zero-order valence-corrected chi connectivity index (χ0v) is 14.0. The second-order valence-corrected chi connectivity index (χ2v) is 6.55. The summed E-state index contributed by atoms with van der Waals surface area (Å²) in [5.74, 6) is -0.505. The average Bonchev–Trinajstić information content (AvgIpc) is 3.36. The van der Waals surface area contributed by atoms with Gasteiger partial charge in [-0.3, -0.25) is 9.59 Å². The van der Waals surface area contributed by atoms with Gasteiger partial charge in [-0.05, 0) is 48.4 Å². The van der Waals surface area contributed by atoms with E-state index in [1.165, 1.54) is 16.7 Å². The lowest BCUT2D eigenvalue weighted by molar-refractivity contribution is -0.128. The van der Waals surface area contributed by atoms with Gasteiger partial charge in [-0.1, -0.05) is 48.5 Å². The fourth-order valence-electron chi connectivity index (χ4n) is 3.06. The molecule has 0 unspecified atom stereocenters. The maximum absolute atomic E-state index is 12.5. The summed E-state index contributed by atoms with van der Waals surface area (Å²) in [7, 11) is 0. The van der Waals surface area contributed by atoms with Gasteiger partial charge < -0.3 is 11.1 Å². The van der Waals surface area contributed by atoms with Gasteiger partial charge in [0.2, 0.25) is 11.8 Å². The first-order valence-corrected chi connectivity index (χ1v) is 8.19. The molecule has 0 aliphatic heterocycles. The number of hydrogen-bond acceptors (Lipinski definition) is 2. The molecule has 1 aliphatic rings. The molecule has 2 aromatic carbocycles. The Hall–Kier alpha value is -2.62. The first-order chi connectivity index (χ1) is 11.5. The fraction of sp³-hybridized carbons (Fsp3) is 0.300. The predicted molar refractivity (Wildman–Crippen MR) is 93.3 cm³/mol. The second kappa shape index (κ2) is 6.48. The van der Waals surface area contributed by atoms with E-state index >= 15 is 0 Å². The van der Waals surface area contributed by atoms with Crippen molar-refractivity contribution in [2.24, 2.45) is 11.7 Å². The molecule has 1 saturated carbocycles. The quantitative estimate of drug-likeness (QED) is 0.888. The van der Waals surface area contributed by atoms with Crippen molar-refractivity contribution < 1.29 is 9.59 Å². The maximum Gasteiger partial charge on any atom is 0.244 e. The molecule has 4 nitrogen and oxygen atoms in total. The number of hydrogen-bond donors (Lipinski definition) is 2. The van der Waals surface area contributed by atoms with Crippen LogP contribution < -0.4 is 11.1 Å². The molecule has 0 spiro atoms. The summed E-state index contributed by atoms with van der Waals surface area (Å²) in [4.78, 5) is 24.2. The molecule has 1 aliphatic carbocycles. The number of carbonyl (C=O) groups is 2. The fourth-order valence-corrected chi connectivity index (χ4v) is 3.06. The van der Waals surface area contributed by atoms with Crippen LogP contribution in [0, 0.1) is 19.8 Å². The zero-order chi connectivity index (χ0) is 17.3. The lowest BCUT2D eigenvalue weighted by Crippen LogP contribution is -2.38. The van der Waals surface area contributed by atoms with E-state index in [2.05, 4.69) is 37.4 Å². The molecule has 2 aromatic rings. The van der Waals surface area contributed by atoms with Crippen LogP contribution in [0.5, 0.6) is 0 Å². The molecular weight excluding hydrogens is 300 g/mol. The molecule has 24 heavy (non-hydrogen) atoms. The highest BCUT2D eigenvalue weighted by atomic mass is 16.2. The minimum absolute atomic E-state index is 0.0855. The van der Waals surface area contributed by atoms with Crippen molar-refractivity contribution in [1.82, 2.24) is 5.32 Å². The van der Waals surface area contributed by atoms with Crippen LogP contribution in [0.1, 0.15) is 40.6 Å². The number of benzene rings is 2. The van der Waals surface area contributed by atoms with Gasteiger partial charge in [0.1, 0.15) is 6.04 Å². The van der Waals surface area contributed by atoms with Gasteiger partial charge in [-0.15, -0.1) is 0 Å². The Morgan fingerprint density at radius 2 is 1.79 bits per heavy atom. The summed E-state index contributed by atoms with van der Waals surface area (Å²) in [6.45, 7) is 4.16. The zero-order valence-electron chi connectivity index (χ0n) is 14.0. The summed E-state index contributed by atoms with van der Waals surface area (Å²) >= 11 is 0. The van der Waals surface area contributed by atoms with Crippen LogP contribution in [0.25, 0.3) is 0 Å². The lowest BCUT2D eigenvalue weighted by atomic mass is 10.0. The van der Waals surface area contributed by atoms with E-state index in [0.717, 1.165) is 6.42 Å². The number of nitrogens with one attached hydrogen (secondary N) is 1. The molecule has 0 aromatic heterocycles. The van der Waals surface area contributed by atoms with Crippen molar-refractivity contribution in [3.05, 3.63) is 70.8 Å². The van der Waals surface area contributed by atoms with Gasteiger partial charge in [0.05, 0.1) is 0 Å². The Balaban J connectivity index is 1.69. The number of nitrogens with two attached hydrogens (primary N) is 1. The highest BCUT2D eigenvalue weighted by Gasteiger charge is 2.44. The standard InChI is InChI=1S/C20H22N2O2/c1-12-8-9-15(10-13(12)2)16-11-17(16)20(24)22-18(19(21)23)14-6-4-3-5-7-14/h3-10,16-18H,11H2,1-2H3,(H2,21,23)(H,22,24)/t16-,17+,18+/m0/s1. The van der Waals surface area contributed by atoms with Gasteiger partial charge in [0.15, 0.2) is 0 Å². The first-order valence-electron chi connectivity index (χ1n) is 8.19. The number of rotatable bonds is 5. The third-order valence-corrected chi connectivity index (χ3v) is 4.79. The molecule has 0 radical (unpaired) electrons. The monoisotopic (exact) mass is 322 g/mol. The van der Waals surface area contributed by atoms with Crippen LogP contribution in [-0.2, 0) is 9.59 Å². The Bertz CT molecular complexity index is 770. The van der Waals surface area contributed by atoms with E-state index in [4.69, 9.17) is 5.73 Å². The Morgan fingerprint density at radius 3 is 2.42 bits per heavy atom. The summed E-state index contributed by atoms with van der Waals surface area (Å²) in [5, 5.41) is 2.81. The normalized spacial score (nSPS) is 20.2. The number of amides is 2. The predicted octanol–water partition coefficient (Wildman–Crippen LogP) is 2.75. The SMILES string of the molecule is Cc1ccc([C@@H]2C[C@H]2C(=O)N[C@@H](C(N)=O)c2ccccc2)cc1C. The van der Waals surface area contributed by atoms with Gasteiger partial charge in [0, 0.05) is 5.92 Å². The molecule has 0 bridgehead atoms. The van der Waals surface area contributed by atoms with E-state index in [1.54, 1.807) is 12.1 Å². The van der Waals surface area contributed by atoms with Crippen molar-refractivity contribution in [3.63, 3.8) is 0 Å². The third-order valence-electron chi connectivity index (χ3n) is 4.79. The van der Waals surface area contributed by atoms with Crippen LogP contribution in [0.15, 0.2) is 48.5 Å². The second-order valence-electron chi connectivity index (χ2n) is 6.55. The molecule has 3 atom stereocenters. The molecule has 1 fully saturated rings. The molecule has 2 amide bonds. The van der Waals surface area contributed by atoms with Crippen molar-refractivity contribution >= 4 is 11.8 Å². The molecule has 124 valence electrons. The Morgan fingerprint density at radius 1 is 1.08 bits per heavy atom. The van der Waals surface area contributed by atoms with Crippen molar-refractivity contribution in [1.29, 1.82) is 0 Å². The van der Waals surface area contributed by atoms with Crippen LogP contribution in [0.3, 0.4) is 0 Å². The summed E-state index contributed by atoms with van der Waals surface area (Å²) in [5.41, 5.74) is 9.85. The summed E-state index contributed by atoms with van der Waals surface area (Å²) in [6, 6.07) is 14.7. The molecule has 3 rings (SSSR count). The van der Waals surface area contributed by atoms with E-state index in [1.807, 2.05) is 18.2 Å². The average molecular weight is 322 g/mol. The van der Waals surface area contributed by atoms with Gasteiger partial charge in [0.25, 0.3) is 0 Å². The third kappa shape index (κ3) is 3.32. The van der Waals surface area contributed by atoms with E-state index < -0.39 is 11.9 Å². The number of aryl methyl sites for hydroxylation is 2. The highest BCUT2D eigenvalue weighted by molar-refractivity contribution is 5.90.